The third-order valence-corrected chi connectivity index (χ3v) is 3.97. The van der Waals surface area contributed by atoms with Crippen LogP contribution < -0.4 is 10.6 Å². The Hall–Kier alpha value is -3.06. The molecule has 0 atom stereocenters. The monoisotopic (exact) mass is 366 g/mol. The molecule has 0 amide bonds. The van der Waals surface area contributed by atoms with Gasteiger partial charge in [0.1, 0.15) is 11.6 Å². The summed E-state index contributed by atoms with van der Waals surface area (Å²) in [7, 11) is 4.03. The summed E-state index contributed by atoms with van der Waals surface area (Å²) in [5.41, 5.74) is 3.07. The lowest BCUT2D eigenvalue weighted by Gasteiger charge is -2.13. The molecule has 6 nitrogen and oxygen atoms in total. The van der Waals surface area contributed by atoms with Gasteiger partial charge in [-0.2, -0.15) is 4.98 Å². The number of nitrogens with one attached hydrogen (secondary N) is 2. The number of hydrogen-bond acceptors (Lipinski definition) is 6. The highest BCUT2D eigenvalue weighted by Crippen LogP contribution is 2.24. The van der Waals surface area contributed by atoms with Crippen molar-refractivity contribution in [3.8, 4) is 11.3 Å². The zero-order valence-electron chi connectivity index (χ0n) is 15.7. The van der Waals surface area contributed by atoms with Gasteiger partial charge in [-0.3, -0.25) is 4.98 Å². The van der Waals surface area contributed by atoms with Gasteiger partial charge in [-0.15, -0.1) is 0 Å². The van der Waals surface area contributed by atoms with E-state index >= 15 is 0 Å². The summed E-state index contributed by atoms with van der Waals surface area (Å²) in [6.07, 6.45) is 3.46. The molecule has 3 rings (SSSR count). The van der Waals surface area contributed by atoms with Crippen molar-refractivity contribution in [2.75, 3.05) is 37.8 Å². The van der Waals surface area contributed by atoms with Gasteiger partial charge in [0, 0.05) is 42.8 Å². The molecule has 2 heterocycles. The van der Waals surface area contributed by atoms with Gasteiger partial charge in [0.15, 0.2) is 0 Å². The summed E-state index contributed by atoms with van der Waals surface area (Å²) in [5, 5.41) is 6.49. The lowest BCUT2D eigenvalue weighted by molar-refractivity contribution is 0.425. The van der Waals surface area contributed by atoms with Crippen LogP contribution in [0.4, 0.5) is 21.8 Å². The van der Waals surface area contributed by atoms with Crippen molar-refractivity contribution in [3.05, 3.63) is 60.2 Å². The van der Waals surface area contributed by atoms with Crippen LogP contribution in [0.3, 0.4) is 0 Å². The van der Waals surface area contributed by atoms with E-state index in [4.69, 9.17) is 0 Å². The van der Waals surface area contributed by atoms with Crippen LogP contribution in [0.15, 0.2) is 48.8 Å². The summed E-state index contributed by atoms with van der Waals surface area (Å²) in [5.74, 6) is 0.939. The van der Waals surface area contributed by atoms with Crippen LogP contribution in [0.5, 0.6) is 0 Å². The molecule has 0 aliphatic carbocycles. The van der Waals surface area contributed by atoms with Gasteiger partial charge in [0.05, 0.1) is 5.69 Å². The summed E-state index contributed by atoms with van der Waals surface area (Å²) in [4.78, 5) is 15.3. The van der Waals surface area contributed by atoms with Crippen molar-refractivity contribution in [2.24, 2.45) is 0 Å². The molecule has 7 heteroatoms. The minimum absolute atomic E-state index is 0.230. The molecule has 0 spiro atoms. The first-order chi connectivity index (χ1) is 13.0. The van der Waals surface area contributed by atoms with E-state index in [9.17, 15) is 4.39 Å². The quantitative estimate of drug-likeness (QED) is 0.665. The first-order valence-electron chi connectivity index (χ1n) is 8.72. The second-order valence-corrected chi connectivity index (χ2v) is 6.52. The predicted octanol–water partition coefficient (Wildman–Crippen LogP) is 3.70. The maximum Gasteiger partial charge on any atom is 0.225 e. The van der Waals surface area contributed by atoms with Gasteiger partial charge in [0.2, 0.25) is 5.95 Å². The van der Waals surface area contributed by atoms with E-state index < -0.39 is 0 Å². The van der Waals surface area contributed by atoms with Crippen LogP contribution in [0.25, 0.3) is 11.3 Å². The molecular formula is C20H23FN6. The van der Waals surface area contributed by atoms with Crippen LogP contribution in [0.1, 0.15) is 5.56 Å². The highest BCUT2D eigenvalue weighted by Gasteiger charge is 2.08. The molecule has 3 aromatic rings. The molecule has 0 saturated heterocycles. The highest BCUT2D eigenvalue weighted by atomic mass is 19.1. The molecule has 1 aromatic carbocycles. The molecule has 2 N–H and O–H groups in total. The van der Waals surface area contributed by atoms with Crippen LogP contribution in [-0.4, -0.2) is 47.0 Å². The number of likely N-dealkylation sites (N-methyl/N-ethyl adjacent to an activating group) is 1. The van der Waals surface area contributed by atoms with Crippen molar-refractivity contribution in [1.82, 2.24) is 19.9 Å². The molecule has 0 aliphatic rings. The van der Waals surface area contributed by atoms with E-state index in [0.717, 1.165) is 30.0 Å². The molecular weight excluding hydrogens is 343 g/mol. The van der Waals surface area contributed by atoms with Gasteiger partial charge in [0.25, 0.3) is 0 Å². The SMILES string of the molecule is Cc1cc(Nc2cc(-c3ccncc3)nc(NCCN(C)C)n2)ccc1F. The van der Waals surface area contributed by atoms with Crippen molar-refractivity contribution in [3.63, 3.8) is 0 Å². The number of aromatic nitrogens is 3. The lowest BCUT2D eigenvalue weighted by Crippen LogP contribution is -2.21. The van der Waals surface area contributed by atoms with E-state index in [2.05, 4.69) is 30.5 Å². The Labute approximate surface area is 158 Å². The largest absolute Gasteiger partial charge is 0.353 e. The minimum atomic E-state index is -0.230. The van der Waals surface area contributed by atoms with Gasteiger partial charge >= 0.3 is 0 Å². The molecule has 2 aromatic heterocycles. The molecule has 0 aliphatic heterocycles. The number of pyridine rings is 1. The number of benzene rings is 1. The number of halogens is 1. The van der Waals surface area contributed by atoms with Gasteiger partial charge < -0.3 is 15.5 Å². The van der Waals surface area contributed by atoms with E-state index in [1.807, 2.05) is 32.3 Å². The topological polar surface area (TPSA) is 66.0 Å². The second-order valence-electron chi connectivity index (χ2n) is 6.52. The maximum absolute atomic E-state index is 13.5. The average molecular weight is 366 g/mol. The van der Waals surface area contributed by atoms with Crippen molar-refractivity contribution < 1.29 is 4.39 Å². The Morgan fingerprint density at radius 3 is 2.52 bits per heavy atom. The predicted molar refractivity (Wildman–Crippen MR) is 107 cm³/mol. The van der Waals surface area contributed by atoms with Crippen LogP contribution in [0, 0.1) is 12.7 Å². The van der Waals surface area contributed by atoms with E-state index in [1.54, 1.807) is 31.5 Å². The fourth-order valence-corrected chi connectivity index (χ4v) is 2.52. The zero-order chi connectivity index (χ0) is 19.2. The highest BCUT2D eigenvalue weighted by molar-refractivity contribution is 5.67. The number of nitrogens with zero attached hydrogens (tertiary/aromatic N) is 4. The average Bonchev–Trinajstić information content (AvgIpc) is 2.65. The normalized spacial score (nSPS) is 10.9. The Morgan fingerprint density at radius 1 is 1.04 bits per heavy atom. The molecule has 0 unspecified atom stereocenters. The van der Waals surface area contributed by atoms with Crippen LogP contribution >= 0.6 is 0 Å². The molecule has 0 bridgehead atoms. The smallest absolute Gasteiger partial charge is 0.225 e. The number of aryl methyl sites for hydroxylation is 1. The number of anilines is 3. The Bertz CT molecular complexity index is 898. The van der Waals surface area contributed by atoms with E-state index in [1.165, 1.54) is 6.07 Å². The van der Waals surface area contributed by atoms with Gasteiger partial charge in [-0.1, -0.05) is 0 Å². The Balaban J connectivity index is 1.90. The van der Waals surface area contributed by atoms with Crippen LogP contribution in [-0.2, 0) is 0 Å². The summed E-state index contributed by atoms with van der Waals surface area (Å²) >= 11 is 0. The molecule has 0 radical (unpaired) electrons. The second kappa shape index (κ2) is 8.55. The van der Waals surface area contributed by atoms with E-state index in [0.29, 0.717) is 17.3 Å². The lowest BCUT2D eigenvalue weighted by atomic mass is 10.2. The maximum atomic E-state index is 13.5. The van der Waals surface area contributed by atoms with Crippen LogP contribution in [0.2, 0.25) is 0 Å². The first kappa shape index (κ1) is 18.7. The van der Waals surface area contributed by atoms with E-state index in [-0.39, 0.29) is 5.82 Å². The van der Waals surface area contributed by atoms with Crippen molar-refractivity contribution in [1.29, 1.82) is 0 Å². The zero-order valence-corrected chi connectivity index (χ0v) is 15.7. The molecule has 140 valence electrons. The molecule has 27 heavy (non-hydrogen) atoms. The summed E-state index contributed by atoms with van der Waals surface area (Å²) in [6.45, 7) is 3.32. The molecule has 0 saturated carbocycles. The number of hydrogen-bond donors (Lipinski definition) is 2. The fraction of sp³-hybridized carbons (Fsp3) is 0.250. The van der Waals surface area contributed by atoms with Crippen molar-refractivity contribution in [2.45, 2.75) is 6.92 Å². The Morgan fingerprint density at radius 2 is 1.81 bits per heavy atom. The first-order valence-corrected chi connectivity index (χ1v) is 8.72. The van der Waals surface area contributed by atoms with Crippen molar-refractivity contribution >= 4 is 17.5 Å². The fourth-order valence-electron chi connectivity index (χ4n) is 2.52. The summed E-state index contributed by atoms with van der Waals surface area (Å²) < 4.78 is 13.5. The minimum Gasteiger partial charge on any atom is -0.353 e. The third-order valence-electron chi connectivity index (χ3n) is 3.97. The van der Waals surface area contributed by atoms with Gasteiger partial charge in [-0.25, -0.2) is 9.37 Å². The number of rotatable bonds is 7. The summed E-state index contributed by atoms with van der Waals surface area (Å²) in [6, 6.07) is 10.6. The third kappa shape index (κ3) is 5.21. The molecule has 0 fully saturated rings. The standard InChI is InChI=1S/C20H23FN6/c1-14-12-16(4-5-17(14)21)24-19-13-18(15-6-8-22-9-7-15)25-20(26-19)23-10-11-27(2)3/h4-9,12-13H,10-11H2,1-3H3,(H2,23,24,25,26). The van der Waals surface area contributed by atoms with Gasteiger partial charge in [-0.05, 0) is 56.9 Å². The Kier molecular flexibility index (Phi) is 5.93.